The van der Waals surface area contributed by atoms with Crippen LogP contribution in [0.25, 0.3) is 0 Å². The van der Waals surface area contributed by atoms with E-state index in [1.807, 2.05) is 0 Å². The topological polar surface area (TPSA) is 0 Å². The molecule has 0 radical (unpaired) electrons. The molecular formula is C19H21P. The van der Waals surface area contributed by atoms with Gasteiger partial charge in [-0.25, -0.2) is 0 Å². The zero-order valence-corrected chi connectivity index (χ0v) is 12.8. The van der Waals surface area contributed by atoms with E-state index >= 15 is 0 Å². The number of benzene rings is 2. The number of hydrogen-bond acceptors (Lipinski definition) is 0. The lowest BCUT2D eigenvalue weighted by Crippen LogP contribution is -2.25. The smallest absolute Gasteiger partial charge is 0.0135 e. The van der Waals surface area contributed by atoms with Crippen molar-refractivity contribution in [2.24, 2.45) is 0 Å². The first-order valence-electron chi connectivity index (χ1n) is 7.74. The van der Waals surface area contributed by atoms with Crippen molar-refractivity contribution in [2.45, 2.75) is 42.4 Å². The molecule has 2 aliphatic rings. The first kappa shape index (κ1) is 12.6. The lowest BCUT2D eigenvalue weighted by Gasteiger charge is -2.40. The van der Waals surface area contributed by atoms with Gasteiger partial charge in [-0.15, -0.1) is 0 Å². The van der Waals surface area contributed by atoms with Crippen molar-refractivity contribution in [2.75, 3.05) is 0 Å². The van der Waals surface area contributed by atoms with E-state index in [9.17, 15) is 0 Å². The van der Waals surface area contributed by atoms with E-state index < -0.39 is 0 Å². The molecule has 2 aliphatic heterocycles. The second-order valence-electron chi connectivity index (χ2n) is 6.37. The molecule has 2 atom stereocenters. The van der Waals surface area contributed by atoms with Crippen LogP contribution in [-0.4, -0.2) is 0 Å². The van der Waals surface area contributed by atoms with Gasteiger partial charge in [-0.1, -0.05) is 75.7 Å². The molecule has 2 bridgehead atoms. The van der Waals surface area contributed by atoms with E-state index in [1.54, 1.807) is 11.1 Å². The summed E-state index contributed by atoms with van der Waals surface area (Å²) >= 11 is 0. The van der Waals surface area contributed by atoms with E-state index in [-0.39, 0.29) is 0 Å². The van der Waals surface area contributed by atoms with Crippen LogP contribution in [0.1, 0.15) is 43.2 Å². The fourth-order valence-electron chi connectivity index (χ4n) is 4.31. The molecule has 0 N–H and O–H groups in total. The summed E-state index contributed by atoms with van der Waals surface area (Å²) in [5.74, 6) is 0. The van der Waals surface area contributed by atoms with Crippen LogP contribution in [0.2, 0.25) is 0 Å². The highest BCUT2D eigenvalue weighted by atomic mass is 31.1. The normalized spacial score (nSPS) is 33.4. The standard InChI is InChI=1S/C19H21P/c1-3-8-16(9-4-1)18-12-7-13-19(20-18,15-14-18)17-10-5-2-6-11-17/h1-6,8-11,20H,7,12-15H2. The summed E-state index contributed by atoms with van der Waals surface area (Å²) in [5, 5.41) is 0.963. The first-order chi connectivity index (χ1) is 9.83. The molecule has 0 spiro atoms. The van der Waals surface area contributed by atoms with E-state index in [0.29, 0.717) is 10.3 Å². The second kappa shape index (κ2) is 4.71. The lowest BCUT2D eigenvalue weighted by molar-refractivity contribution is 0.513. The monoisotopic (exact) mass is 280 g/mol. The zero-order valence-electron chi connectivity index (χ0n) is 11.8. The van der Waals surface area contributed by atoms with Crippen molar-refractivity contribution >= 4 is 8.58 Å². The van der Waals surface area contributed by atoms with Crippen molar-refractivity contribution in [1.29, 1.82) is 0 Å². The highest BCUT2D eigenvalue weighted by Gasteiger charge is 2.52. The highest BCUT2D eigenvalue weighted by molar-refractivity contribution is 7.41. The summed E-state index contributed by atoms with van der Waals surface area (Å²) in [6.07, 6.45) is 6.93. The van der Waals surface area contributed by atoms with Crippen molar-refractivity contribution in [3.63, 3.8) is 0 Å². The maximum Gasteiger partial charge on any atom is 0.0135 e. The predicted octanol–water partition coefficient (Wildman–Crippen LogP) is 5.43. The summed E-state index contributed by atoms with van der Waals surface area (Å²) < 4.78 is 0. The van der Waals surface area contributed by atoms with Gasteiger partial charge in [-0.05, 0) is 36.8 Å². The minimum atomic E-state index is 0.481. The third-order valence-corrected chi connectivity index (χ3v) is 7.85. The average molecular weight is 280 g/mol. The molecular weight excluding hydrogens is 259 g/mol. The SMILES string of the molecule is c1ccc(C23CCCC(c4ccccc4)(CC2)P3)cc1. The fraction of sp³-hybridized carbons (Fsp3) is 0.368. The quantitative estimate of drug-likeness (QED) is 0.643. The van der Waals surface area contributed by atoms with Crippen LogP contribution >= 0.6 is 8.58 Å². The Morgan fingerprint density at radius 2 is 1.05 bits per heavy atom. The molecule has 102 valence electrons. The number of hydrogen-bond donors (Lipinski definition) is 0. The van der Waals surface area contributed by atoms with Gasteiger partial charge in [0.2, 0.25) is 0 Å². The molecule has 2 aromatic carbocycles. The van der Waals surface area contributed by atoms with Gasteiger partial charge in [0.05, 0.1) is 0 Å². The molecule has 2 aromatic rings. The van der Waals surface area contributed by atoms with Gasteiger partial charge in [0, 0.05) is 10.3 Å². The number of rotatable bonds is 2. The van der Waals surface area contributed by atoms with Crippen LogP contribution in [0.3, 0.4) is 0 Å². The van der Waals surface area contributed by atoms with Gasteiger partial charge in [-0.3, -0.25) is 0 Å². The molecule has 0 aromatic heterocycles. The Balaban J connectivity index is 1.74. The van der Waals surface area contributed by atoms with Crippen LogP contribution in [0, 0.1) is 0 Å². The summed E-state index contributed by atoms with van der Waals surface area (Å²) in [7, 11) is 1.06. The molecule has 0 saturated carbocycles. The Hall–Kier alpha value is -1.13. The molecule has 2 saturated heterocycles. The minimum Gasteiger partial charge on any atom is -0.1000 e. The highest BCUT2D eigenvalue weighted by Crippen LogP contribution is 2.71. The van der Waals surface area contributed by atoms with Gasteiger partial charge in [0.1, 0.15) is 0 Å². The van der Waals surface area contributed by atoms with Gasteiger partial charge in [-0.2, -0.15) is 0 Å². The van der Waals surface area contributed by atoms with Gasteiger partial charge in [0.25, 0.3) is 0 Å². The Morgan fingerprint density at radius 3 is 1.50 bits per heavy atom. The van der Waals surface area contributed by atoms with Crippen LogP contribution in [0.4, 0.5) is 0 Å². The van der Waals surface area contributed by atoms with Crippen LogP contribution in [0.15, 0.2) is 60.7 Å². The van der Waals surface area contributed by atoms with Crippen molar-refractivity contribution in [3.05, 3.63) is 71.8 Å². The van der Waals surface area contributed by atoms with Crippen LogP contribution < -0.4 is 0 Å². The third-order valence-electron chi connectivity index (χ3n) is 5.32. The zero-order chi connectivity index (χ0) is 13.5. The molecule has 0 amide bonds. The van der Waals surface area contributed by atoms with Crippen molar-refractivity contribution < 1.29 is 0 Å². The Labute approximate surface area is 123 Å². The average Bonchev–Trinajstić information content (AvgIpc) is 2.82. The van der Waals surface area contributed by atoms with Gasteiger partial charge >= 0.3 is 0 Å². The third kappa shape index (κ3) is 1.85. The van der Waals surface area contributed by atoms with E-state index in [0.717, 1.165) is 8.58 Å². The fourth-order valence-corrected chi connectivity index (χ4v) is 6.95. The molecule has 0 nitrogen and oxygen atoms in total. The van der Waals surface area contributed by atoms with Crippen LogP contribution in [-0.2, 0) is 10.3 Å². The molecule has 20 heavy (non-hydrogen) atoms. The van der Waals surface area contributed by atoms with Crippen molar-refractivity contribution in [3.8, 4) is 0 Å². The summed E-state index contributed by atoms with van der Waals surface area (Å²) in [6, 6.07) is 22.6. The summed E-state index contributed by atoms with van der Waals surface area (Å²) in [6.45, 7) is 0. The van der Waals surface area contributed by atoms with Gasteiger partial charge < -0.3 is 0 Å². The predicted molar refractivity (Wildman–Crippen MR) is 87.6 cm³/mol. The lowest BCUT2D eigenvalue weighted by atomic mass is 9.89. The molecule has 0 aliphatic carbocycles. The van der Waals surface area contributed by atoms with E-state index in [2.05, 4.69) is 60.7 Å². The molecule has 2 unspecified atom stereocenters. The summed E-state index contributed by atoms with van der Waals surface area (Å²) in [4.78, 5) is 0. The summed E-state index contributed by atoms with van der Waals surface area (Å²) in [5.41, 5.74) is 3.19. The first-order valence-corrected chi connectivity index (χ1v) is 8.74. The van der Waals surface area contributed by atoms with E-state index in [4.69, 9.17) is 0 Å². The largest absolute Gasteiger partial charge is 0.1000 e. The maximum atomic E-state index is 2.36. The maximum absolute atomic E-state index is 2.36. The Bertz CT molecular complexity index is 538. The Kier molecular flexibility index (Phi) is 2.97. The Morgan fingerprint density at radius 1 is 0.600 bits per heavy atom. The minimum absolute atomic E-state index is 0.481. The molecule has 1 heteroatoms. The van der Waals surface area contributed by atoms with Gasteiger partial charge in [0.15, 0.2) is 0 Å². The molecule has 2 fully saturated rings. The molecule has 2 heterocycles. The second-order valence-corrected chi connectivity index (χ2v) is 8.54. The van der Waals surface area contributed by atoms with Crippen LogP contribution in [0.5, 0.6) is 0 Å². The molecule has 4 rings (SSSR count). The van der Waals surface area contributed by atoms with Crippen molar-refractivity contribution in [1.82, 2.24) is 0 Å². The van der Waals surface area contributed by atoms with E-state index in [1.165, 1.54) is 32.1 Å². The number of fused-ring (bicyclic) bond motifs is 2.